The van der Waals surface area contributed by atoms with Crippen molar-refractivity contribution in [2.75, 3.05) is 26.9 Å². The second-order valence-electron chi connectivity index (χ2n) is 5.28. The number of methoxy groups -OCH3 is 1. The molecule has 1 saturated heterocycles. The molecule has 0 bridgehead atoms. The van der Waals surface area contributed by atoms with Crippen LogP contribution in [0.25, 0.3) is 0 Å². The molecule has 1 aromatic rings. The van der Waals surface area contributed by atoms with Crippen molar-refractivity contribution in [1.29, 1.82) is 0 Å². The van der Waals surface area contributed by atoms with Crippen molar-refractivity contribution in [2.24, 2.45) is 5.92 Å². The molecule has 19 heavy (non-hydrogen) atoms. The fourth-order valence-corrected chi connectivity index (χ4v) is 3.23. The molecule has 0 aliphatic carbocycles. The lowest BCUT2D eigenvalue weighted by Gasteiger charge is -2.45. The molecule has 4 heteroatoms. The van der Waals surface area contributed by atoms with Crippen LogP contribution >= 0.6 is 0 Å². The van der Waals surface area contributed by atoms with Gasteiger partial charge in [0.1, 0.15) is 5.75 Å². The van der Waals surface area contributed by atoms with E-state index in [4.69, 9.17) is 14.2 Å². The Morgan fingerprint density at radius 2 is 2.00 bits per heavy atom. The first-order chi connectivity index (χ1) is 9.27. The lowest BCUT2D eigenvalue weighted by Crippen LogP contribution is -2.50. The van der Waals surface area contributed by atoms with Crippen LogP contribution in [0.1, 0.15) is 24.5 Å². The van der Waals surface area contributed by atoms with Gasteiger partial charge in [-0.25, -0.2) is 0 Å². The van der Waals surface area contributed by atoms with Crippen LogP contribution in [-0.4, -0.2) is 37.6 Å². The maximum absolute atomic E-state index is 10.7. The lowest BCUT2D eigenvalue weighted by atomic mass is 9.75. The van der Waals surface area contributed by atoms with E-state index in [0.29, 0.717) is 19.8 Å². The van der Waals surface area contributed by atoms with Gasteiger partial charge < -0.3 is 19.3 Å². The predicted molar refractivity (Wildman–Crippen MR) is 70.2 cm³/mol. The number of ether oxygens (including phenoxy) is 3. The molecular formula is C15H20O4. The van der Waals surface area contributed by atoms with E-state index in [-0.39, 0.29) is 11.5 Å². The van der Waals surface area contributed by atoms with Crippen LogP contribution in [0.4, 0.5) is 0 Å². The summed E-state index contributed by atoms with van der Waals surface area (Å²) in [5.41, 5.74) is 0.521. The predicted octanol–water partition coefficient (Wildman–Crippen LogP) is 1.92. The van der Waals surface area contributed by atoms with Crippen LogP contribution in [0, 0.1) is 5.92 Å². The maximum atomic E-state index is 10.7. The minimum absolute atomic E-state index is 0.0451. The van der Waals surface area contributed by atoms with Crippen LogP contribution < -0.4 is 4.74 Å². The van der Waals surface area contributed by atoms with Crippen molar-refractivity contribution in [1.82, 2.24) is 0 Å². The van der Waals surface area contributed by atoms with Gasteiger partial charge in [-0.15, -0.1) is 0 Å². The van der Waals surface area contributed by atoms with E-state index in [1.807, 2.05) is 24.3 Å². The zero-order valence-electron chi connectivity index (χ0n) is 11.2. The molecule has 2 aliphatic heterocycles. The summed E-state index contributed by atoms with van der Waals surface area (Å²) in [6.07, 6.45) is 1.07. The summed E-state index contributed by atoms with van der Waals surface area (Å²) >= 11 is 0. The van der Waals surface area contributed by atoms with Crippen molar-refractivity contribution in [3.05, 3.63) is 29.8 Å². The standard InChI is InChI=1S/C15H20O4/c1-17-15(6-8-18-9-7-15)12-10-19-13-5-3-2-4-11(13)14(12)16/h2-5,12,14,16H,6-10H2,1H3. The van der Waals surface area contributed by atoms with Crippen LogP contribution in [-0.2, 0) is 9.47 Å². The summed E-state index contributed by atoms with van der Waals surface area (Å²) < 4.78 is 17.0. The molecule has 2 atom stereocenters. The number of para-hydroxylation sites is 1. The Hall–Kier alpha value is -1.10. The molecule has 1 fully saturated rings. The van der Waals surface area contributed by atoms with Crippen LogP contribution in [0.3, 0.4) is 0 Å². The quantitative estimate of drug-likeness (QED) is 0.886. The fourth-order valence-electron chi connectivity index (χ4n) is 3.23. The van der Waals surface area contributed by atoms with Crippen molar-refractivity contribution < 1.29 is 19.3 Å². The average molecular weight is 264 g/mol. The molecule has 0 saturated carbocycles. The van der Waals surface area contributed by atoms with E-state index < -0.39 is 6.10 Å². The SMILES string of the molecule is COC1(C2COc3ccccc3C2O)CCOCC1. The normalized spacial score (nSPS) is 29.4. The van der Waals surface area contributed by atoms with Crippen LogP contribution in [0.15, 0.2) is 24.3 Å². The third kappa shape index (κ3) is 2.14. The molecule has 104 valence electrons. The number of benzene rings is 1. The van der Waals surface area contributed by atoms with Gasteiger partial charge in [-0.3, -0.25) is 0 Å². The summed E-state index contributed by atoms with van der Waals surface area (Å²) in [4.78, 5) is 0. The molecule has 0 spiro atoms. The molecule has 1 N–H and O–H groups in total. The number of hydrogen-bond acceptors (Lipinski definition) is 4. The van der Waals surface area contributed by atoms with Crippen LogP contribution in [0.2, 0.25) is 0 Å². The summed E-state index contributed by atoms with van der Waals surface area (Å²) in [5, 5.41) is 10.7. The van der Waals surface area contributed by atoms with Gasteiger partial charge in [-0.05, 0) is 6.07 Å². The van der Waals surface area contributed by atoms with Gasteiger partial charge in [-0.1, -0.05) is 18.2 Å². The van der Waals surface area contributed by atoms with Gasteiger partial charge in [-0.2, -0.15) is 0 Å². The van der Waals surface area contributed by atoms with Gasteiger partial charge in [0.2, 0.25) is 0 Å². The van der Waals surface area contributed by atoms with E-state index in [9.17, 15) is 5.11 Å². The first-order valence-electron chi connectivity index (χ1n) is 6.79. The highest BCUT2D eigenvalue weighted by atomic mass is 16.5. The third-order valence-corrected chi connectivity index (χ3v) is 4.46. The maximum Gasteiger partial charge on any atom is 0.125 e. The topological polar surface area (TPSA) is 47.9 Å². The lowest BCUT2D eigenvalue weighted by molar-refractivity contribution is -0.162. The highest BCUT2D eigenvalue weighted by Crippen LogP contribution is 2.44. The number of hydrogen-bond donors (Lipinski definition) is 1. The summed E-state index contributed by atoms with van der Waals surface area (Å²) in [5.74, 6) is 0.737. The van der Waals surface area contributed by atoms with E-state index in [1.165, 1.54) is 0 Å². The molecule has 2 unspecified atom stereocenters. The Morgan fingerprint density at radius 3 is 2.74 bits per heavy atom. The number of aliphatic hydroxyl groups excluding tert-OH is 1. The minimum atomic E-state index is -0.539. The summed E-state index contributed by atoms with van der Waals surface area (Å²) in [7, 11) is 1.72. The van der Waals surface area contributed by atoms with Crippen molar-refractivity contribution in [2.45, 2.75) is 24.5 Å². The monoisotopic (exact) mass is 264 g/mol. The Balaban J connectivity index is 1.90. The zero-order valence-corrected chi connectivity index (χ0v) is 11.2. The second kappa shape index (κ2) is 5.12. The first-order valence-corrected chi connectivity index (χ1v) is 6.79. The molecule has 0 aromatic heterocycles. The minimum Gasteiger partial charge on any atom is -0.493 e. The fraction of sp³-hybridized carbons (Fsp3) is 0.600. The number of aliphatic hydroxyl groups is 1. The Kier molecular flexibility index (Phi) is 3.48. The van der Waals surface area contributed by atoms with Gasteiger partial charge in [0, 0.05) is 38.7 Å². The van der Waals surface area contributed by atoms with E-state index in [1.54, 1.807) is 7.11 Å². The van der Waals surface area contributed by atoms with E-state index in [2.05, 4.69) is 0 Å². The summed E-state index contributed by atoms with van der Waals surface area (Å²) in [6.45, 7) is 1.85. The van der Waals surface area contributed by atoms with E-state index >= 15 is 0 Å². The zero-order chi connectivity index (χ0) is 13.3. The molecule has 4 nitrogen and oxygen atoms in total. The Morgan fingerprint density at radius 1 is 1.26 bits per heavy atom. The van der Waals surface area contributed by atoms with Crippen molar-refractivity contribution >= 4 is 0 Å². The smallest absolute Gasteiger partial charge is 0.125 e. The second-order valence-corrected chi connectivity index (χ2v) is 5.28. The molecule has 3 rings (SSSR count). The Labute approximate surface area is 113 Å². The van der Waals surface area contributed by atoms with Gasteiger partial charge in [0.25, 0.3) is 0 Å². The van der Waals surface area contributed by atoms with Gasteiger partial charge in [0.05, 0.1) is 24.2 Å². The molecule has 2 aliphatic rings. The van der Waals surface area contributed by atoms with Gasteiger partial charge >= 0.3 is 0 Å². The average Bonchev–Trinajstić information content (AvgIpc) is 2.48. The molecule has 0 radical (unpaired) electrons. The molecule has 2 heterocycles. The molecule has 1 aromatic carbocycles. The molecular weight excluding hydrogens is 244 g/mol. The highest BCUT2D eigenvalue weighted by molar-refractivity contribution is 5.37. The largest absolute Gasteiger partial charge is 0.493 e. The summed E-state index contributed by atoms with van der Waals surface area (Å²) in [6, 6.07) is 7.68. The number of fused-ring (bicyclic) bond motifs is 1. The molecule has 0 amide bonds. The number of rotatable bonds is 2. The van der Waals surface area contributed by atoms with Crippen molar-refractivity contribution in [3.63, 3.8) is 0 Å². The third-order valence-electron chi connectivity index (χ3n) is 4.46. The highest BCUT2D eigenvalue weighted by Gasteiger charge is 2.47. The Bertz CT molecular complexity index is 440. The van der Waals surface area contributed by atoms with Gasteiger partial charge in [0.15, 0.2) is 0 Å². The first kappa shape index (κ1) is 12.9. The van der Waals surface area contributed by atoms with Crippen molar-refractivity contribution in [3.8, 4) is 5.75 Å². The van der Waals surface area contributed by atoms with Crippen LogP contribution in [0.5, 0.6) is 5.75 Å². The van der Waals surface area contributed by atoms with E-state index in [0.717, 1.165) is 24.2 Å².